The lowest BCUT2D eigenvalue weighted by Gasteiger charge is -2.20. The van der Waals surface area contributed by atoms with Crippen LogP contribution in [-0.2, 0) is 22.3 Å². The van der Waals surface area contributed by atoms with E-state index >= 15 is 0 Å². The van der Waals surface area contributed by atoms with Crippen LogP contribution in [-0.4, -0.2) is 60.4 Å². The van der Waals surface area contributed by atoms with E-state index in [0.717, 1.165) is 11.2 Å². The number of β-amino-alcohol motifs (C(OH)–C–C–N with tert-alkyl or cyclic N) is 1. The van der Waals surface area contributed by atoms with E-state index in [1.165, 1.54) is 0 Å². The summed E-state index contributed by atoms with van der Waals surface area (Å²) >= 11 is 0. The molecule has 0 bridgehead atoms. The minimum absolute atomic E-state index is 0.119. The maximum atomic E-state index is 12.3. The Morgan fingerprint density at radius 3 is 2.62 bits per heavy atom. The minimum Gasteiger partial charge on any atom is -0.480 e. The van der Waals surface area contributed by atoms with E-state index in [4.69, 9.17) is 5.11 Å². The molecular weight excluding hydrogens is 297 g/mol. The predicted octanol–water partition coefficient (Wildman–Crippen LogP) is -0.657. The van der Waals surface area contributed by atoms with E-state index in [1.54, 1.807) is 0 Å². The van der Waals surface area contributed by atoms with E-state index in [9.17, 15) is 27.9 Å². The zero-order valence-electron chi connectivity index (χ0n) is 10.5. The molecule has 1 aromatic rings. The number of halogens is 3. The number of hydrogen-bond donors (Lipinski definition) is 2. The van der Waals surface area contributed by atoms with Crippen LogP contribution in [0.15, 0.2) is 6.33 Å². The summed E-state index contributed by atoms with van der Waals surface area (Å²) in [6.45, 7) is -0.768. The number of likely N-dealkylation sites (tertiary alicyclic amines) is 1. The molecule has 0 aliphatic carbocycles. The van der Waals surface area contributed by atoms with E-state index in [1.807, 2.05) is 0 Å². The average Bonchev–Trinajstić information content (AvgIpc) is 2.94. The molecule has 8 nitrogen and oxygen atoms in total. The zero-order chi connectivity index (χ0) is 15.8. The molecule has 2 heterocycles. The molecule has 2 atom stereocenters. The minimum atomic E-state index is -4.72. The van der Waals surface area contributed by atoms with Crippen LogP contribution in [0, 0.1) is 0 Å². The largest absolute Gasteiger partial charge is 0.480 e. The molecule has 0 saturated carbocycles. The standard InChI is InChI=1S/C10H11F3N4O4/c11-10(12,13)9-14-4-16(15-9)3-7(19)17-2-5(18)1-6(17)8(20)21/h4-6,18H,1-3H2,(H,20,21)/t5-,6-/m1/s1. The van der Waals surface area contributed by atoms with Gasteiger partial charge >= 0.3 is 12.1 Å². The van der Waals surface area contributed by atoms with Crippen LogP contribution < -0.4 is 0 Å². The normalized spacial score (nSPS) is 22.6. The third-order valence-corrected chi connectivity index (χ3v) is 2.97. The molecule has 0 aromatic carbocycles. The fourth-order valence-electron chi connectivity index (χ4n) is 2.05. The number of aliphatic hydroxyl groups is 1. The first kappa shape index (κ1) is 15.2. The lowest BCUT2D eigenvalue weighted by molar-refractivity contribution is -0.148. The van der Waals surface area contributed by atoms with Crippen LogP contribution in [0.25, 0.3) is 0 Å². The van der Waals surface area contributed by atoms with Crippen LogP contribution in [0.1, 0.15) is 12.2 Å². The number of nitrogens with zero attached hydrogens (tertiary/aromatic N) is 4. The molecule has 1 aliphatic rings. The molecule has 2 rings (SSSR count). The highest BCUT2D eigenvalue weighted by Gasteiger charge is 2.39. The van der Waals surface area contributed by atoms with Crippen molar-refractivity contribution in [3.63, 3.8) is 0 Å². The summed E-state index contributed by atoms with van der Waals surface area (Å²) in [7, 11) is 0. The number of aromatic nitrogens is 3. The number of alkyl halides is 3. The zero-order valence-corrected chi connectivity index (χ0v) is 10.5. The van der Waals surface area contributed by atoms with Crippen molar-refractivity contribution in [3.05, 3.63) is 12.2 Å². The average molecular weight is 308 g/mol. The van der Waals surface area contributed by atoms with E-state index < -0.39 is 42.6 Å². The smallest absolute Gasteiger partial charge is 0.453 e. The number of carboxylic acid groups (broad SMARTS) is 1. The van der Waals surface area contributed by atoms with Gasteiger partial charge in [-0.05, 0) is 0 Å². The van der Waals surface area contributed by atoms with Crippen molar-refractivity contribution in [2.75, 3.05) is 6.54 Å². The van der Waals surface area contributed by atoms with Gasteiger partial charge in [0.1, 0.15) is 18.9 Å². The quantitative estimate of drug-likeness (QED) is 0.767. The van der Waals surface area contributed by atoms with Gasteiger partial charge in [0.05, 0.1) is 6.10 Å². The van der Waals surface area contributed by atoms with Crippen molar-refractivity contribution in [2.45, 2.75) is 31.3 Å². The van der Waals surface area contributed by atoms with Gasteiger partial charge in [-0.25, -0.2) is 14.5 Å². The maximum Gasteiger partial charge on any atom is 0.453 e. The maximum absolute atomic E-state index is 12.3. The summed E-state index contributed by atoms with van der Waals surface area (Å²) < 4.78 is 37.6. The highest BCUT2D eigenvalue weighted by atomic mass is 19.4. The summed E-state index contributed by atoms with van der Waals surface area (Å²) in [5.74, 6) is -3.42. The summed E-state index contributed by atoms with van der Waals surface area (Å²) in [4.78, 5) is 26.8. The molecule has 1 amide bonds. The number of aliphatic hydroxyl groups excluding tert-OH is 1. The topological polar surface area (TPSA) is 109 Å². The van der Waals surface area contributed by atoms with Gasteiger partial charge in [-0.3, -0.25) is 4.79 Å². The van der Waals surface area contributed by atoms with Gasteiger partial charge in [-0.2, -0.15) is 13.2 Å². The molecule has 1 aromatic heterocycles. The van der Waals surface area contributed by atoms with Gasteiger partial charge in [0.25, 0.3) is 5.82 Å². The Hall–Kier alpha value is -2.17. The molecule has 0 spiro atoms. The molecular formula is C10H11F3N4O4. The van der Waals surface area contributed by atoms with E-state index in [2.05, 4.69) is 10.1 Å². The van der Waals surface area contributed by atoms with Gasteiger partial charge in [0, 0.05) is 13.0 Å². The highest BCUT2D eigenvalue weighted by molar-refractivity contribution is 5.84. The molecule has 0 unspecified atom stereocenters. The Morgan fingerprint density at radius 2 is 2.10 bits per heavy atom. The van der Waals surface area contributed by atoms with Crippen LogP contribution in [0.5, 0.6) is 0 Å². The Bertz CT molecular complexity index is 559. The SMILES string of the molecule is O=C(O)[C@H]1C[C@@H](O)CN1C(=O)Cn1cnc(C(F)(F)F)n1. The van der Waals surface area contributed by atoms with Crippen molar-refractivity contribution in [2.24, 2.45) is 0 Å². The second-order valence-electron chi connectivity index (χ2n) is 4.55. The summed E-state index contributed by atoms with van der Waals surface area (Å²) in [5, 5.41) is 21.4. The van der Waals surface area contributed by atoms with Gasteiger partial charge in [-0.15, -0.1) is 5.10 Å². The van der Waals surface area contributed by atoms with Crippen LogP contribution in [0.4, 0.5) is 13.2 Å². The molecule has 2 N–H and O–H groups in total. The summed E-state index contributed by atoms with van der Waals surface area (Å²) in [6.07, 6.45) is -5.08. The molecule has 21 heavy (non-hydrogen) atoms. The number of amides is 1. The van der Waals surface area contributed by atoms with Crippen molar-refractivity contribution in [3.8, 4) is 0 Å². The number of hydrogen-bond acceptors (Lipinski definition) is 5. The number of carbonyl (C=O) groups excluding carboxylic acids is 1. The van der Waals surface area contributed by atoms with Crippen molar-refractivity contribution in [1.29, 1.82) is 0 Å². The van der Waals surface area contributed by atoms with Crippen LogP contribution in [0.3, 0.4) is 0 Å². The fraction of sp³-hybridized carbons (Fsp3) is 0.600. The molecule has 0 radical (unpaired) electrons. The van der Waals surface area contributed by atoms with E-state index in [-0.39, 0.29) is 13.0 Å². The molecule has 116 valence electrons. The van der Waals surface area contributed by atoms with E-state index in [0.29, 0.717) is 4.68 Å². The van der Waals surface area contributed by atoms with Gasteiger partial charge in [-0.1, -0.05) is 0 Å². The predicted molar refractivity (Wildman–Crippen MR) is 58.8 cm³/mol. The summed E-state index contributed by atoms with van der Waals surface area (Å²) in [6, 6.07) is -1.20. The Kier molecular flexibility index (Phi) is 3.85. The van der Waals surface area contributed by atoms with Gasteiger partial charge in [0.2, 0.25) is 5.91 Å². The second-order valence-corrected chi connectivity index (χ2v) is 4.55. The Balaban J connectivity index is 2.07. The first-order valence-electron chi connectivity index (χ1n) is 5.85. The molecule has 1 saturated heterocycles. The number of carboxylic acids is 1. The lowest BCUT2D eigenvalue weighted by Crippen LogP contribution is -2.42. The van der Waals surface area contributed by atoms with Gasteiger partial charge in [0.15, 0.2) is 0 Å². The lowest BCUT2D eigenvalue weighted by atomic mass is 10.2. The molecule has 1 aliphatic heterocycles. The molecule has 1 fully saturated rings. The van der Waals surface area contributed by atoms with Crippen LogP contribution >= 0.6 is 0 Å². The molecule has 11 heteroatoms. The van der Waals surface area contributed by atoms with Crippen molar-refractivity contribution in [1.82, 2.24) is 19.7 Å². The third kappa shape index (κ3) is 3.29. The number of carbonyl (C=O) groups is 2. The van der Waals surface area contributed by atoms with Crippen LogP contribution in [0.2, 0.25) is 0 Å². The Morgan fingerprint density at radius 1 is 1.43 bits per heavy atom. The number of aliphatic carboxylic acids is 1. The van der Waals surface area contributed by atoms with Crippen molar-refractivity contribution < 1.29 is 33.0 Å². The number of rotatable bonds is 3. The first-order valence-corrected chi connectivity index (χ1v) is 5.85. The first-order chi connectivity index (χ1) is 9.68. The Labute approximate surface area is 115 Å². The van der Waals surface area contributed by atoms with Crippen molar-refractivity contribution >= 4 is 11.9 Å². The third-order valence-electron chi connectivity index (χ3n) is 2.97. The summed E-state index contributed by atoms with van der Waals surface area (Å²) in [5.41, 5.74) is 0. The van der Waals surface area contributed by atoms with Gasteiger partial charge < -0.3 is 15.1 Å². The monoisotopic (exact) mass is 308 g/mol. The fourth-order valence-corrected chi connectivity index (χ4v) is 2.05. The second kappa shape index (κ2) is 5.31. The highest BCUT2D eigenvalue weighted by Crippen LogP contribution is 2.25.